The smallest absolute Gasteiger partial charge is 0.128 e. The number of benzene rings is 1. The van der Waals surface area contributed by atoms with E-state index in [-0.39, 0.29) is 5.82 Å². The lowest BCUT2D eigenvalue weighted by Crippen LogP contribution is -2.21. The summed E-state index contributed by atoms with van der Waals surface area (Å²) >= 11 is 11.6. The van der Waals surface area contributed by atoms with Crippen molar-refractivity contribution in [1.82, 2.24) is 0 Å². The molecule has 0 saturated heterocycles. The molecule has 1 aromatic carbocycles. The third-order valence-corrected chi connectivity index (χ3v) is 2.96. The number of hydrogen-bond donors (Lipinski definition) is 0. The van der Waals surface area contributed by atoms with Gasteiger partial charge in [0.1, 0.15) is 5.82 Å². The highest BCUT2D eigenvalue weighted by atomic mass is 35.5. The Kier molecular flexibility index (Phi) is 3.20. The maximum atomic E-state index is 13.4. The number of halogens is 3. The summed E-state index contributed by atoms with van der Waals surface area (Å²) in [5, 5.41) is 0.436. The van der Waals surface area contributed by atoms with Gasteiger partial charge in [0, 0.05) is 21.9 Å². The summed E-state index contributed by atoms with van der Waals surface area (Å²) in [6, 6.07) is 4.66. The Bertz CT molecular complexity index is 288. The molecule has 0 aliphatic carbocycles. The number of rotatable bonds is 2. The monoisotopic (exact) mass is 220 g/mol. The van der Waals surface area contributed by atoms with Gasteiger partial charge in [-0.1, -0.05) is 31.5 Å². The molecule has 0 N–H and O–H groups in total. The van der Waals surface area contributed by atoms with Crippen LogP contribution < -0.4 is 0 Å². The van der Waals surface area contributed by atoms with Crippen molar-refractivity contribution in [1.29, 1.82) is 0 Å². The minimum Gasteiger partial charge on any atom is -0.207 e. The Morgan fingerprint density at radius 1 is 1.38 bits per heavy atom. The van der Waals surface area contributed by atoms with E-state index in [0.717, 1.165) is 0 Å². The van der Waals surface area contributed by atoms with Crippen LogP contribution in [0.25, 0.3) is 0 Å². The van der Waals surface area contributed by atoms with Crippen LogP contribution in [0.15, 0.2) is 18.2 Å². The normalized spacial score (nSPS) is 11.8. The summed E-state index contributed by atoms with van der Waals surface area (Å²) in [4.78, 5) is 0. The summed E-state index contributed by atoms with van der Waals surface area (Å²) in [5.74, 6) is 0.0475. The van der Waals surface area contributed by atoms with E-state index in [2.05, 4.69) is 0 Å². The minimum atomic E-state index is -0.427. The molecule has 0 heterocycles. The Morgan fingerprint density at radius 3 is 2.46 bits per heavy atom. The van der Waals surface area contributed by atoms with Crippen LogP contribution in [0.5, 0.6) is 0 Å². The van der Waals surface area contributed by atoms with Gasteiger partial charge < -0.3 is 0 Å². The topological polar surface area (TPSA) is 0 Å². The molecule has 3 heteroatoms. The predicted molar refractivity (Wildman–Crippen MR) is 55.2 cm³/mol. The lowest BCUT2D eigenvalue weighted by atomic mass is 9.86. The third-order valence-electron chi connectivity index (χ3n) is 1.97. The van der Waals surface area contributed by atoms with Crippen molar-refractivity contribution in [2.24, 2.45) is 0 Å². The van der Waals surface area contributed by atoms with E-state index < -0.39 is 5.41 Å². The molecule has 0 bridgehead atoms. The van der Waals surface area contributed by atoms with Crippen molar-refractivity contribution >= 4 is 23.2 Å². The molecule has 1 rings (SSSR count). The van der Waals surface area contributed by atoms with Gasteiger partial charge in [-0.2, -0.15) is 0 Å². The molecular weight excluding hydrogens is 210 g/mol. The molecule has 0 radical (unpaired) electrons. The fraction of sp³-hybridized carbons (Fsp3) is 0.400. The summed E-state index contributed by atoms with van der Waals surface area (Å²) in [5.41, 5.74) is 0.0657. The zero-order valence-corrected chi connectivity index (χ0v) is 9.08. The Morgan fingerprint density at radius 2 is 2.00 bits per heavy atom. The zero-order chi connectivity index (χ0) is 10.1. The minimum absolute atomic E-state index is 0.293. The van der Waals surface area contributed by atoms with E-state index in [4.69, 9.17) is 23.2 Å². The van der Waals surface area contributed by atoms with E-state index in [9.17, 15) is 4.39 Å². The van der Waals surface area contributed by atoms with Crippen molar-refractivity contribution < 1.29 is 4.39 Å². The van der Waals surface area contributed by atoms with E-state index in [0.29, 0.717) is 16.5 Å². The largest absolute Gasteiger partial charge is 0.207 e. The van der Waals surface area contributed by atoms with Crippen LogP contribution in [-0.4, -0.2) is 5.88 Å². The van der Waals surface area contributed by atoms with Gasteiger partial charge in [0.15, 0.2) is 0 Å². The van der Waals surface area contributed by atoms with Gasteiger partial charge in [-0.3, -0.25) is 0 Å². The van der Waals surface area contributed by atoms with Gasteiger partial charge in [0.05, 0.1) is 0 Å². The van der Waals surface area contributed by atoms with Crippen molar-refractivity contribution in [2.75, 3.05) is 5.88 Å². The Labute approximate surface area is 87.7 Å². The second kappa shape index (κ2) is 3.85. The first kappa shape index (κ1) is 10.8. The van der Waals surface area contributed by atoms with Crippen LogP contribution in [0.1, 0.15) is 19.4 Å². The molecule has 1 aromatic rings. The molecule has 0 fully saturated rings. The average Bonchev–Trinajstić information content (AvgIpc) is 2.03. The van der Waals surface area contributed by atoms with Crippen molar-refractivity contribution in [3.63, 3.8) is 0 Å². The van der Waals surface area contributed by atoms with Crippen molar-refractivity contribution in [2.45, 2.75) is 19.3 Å². The molecular formula is C10H11Cl2F. The molecule has 0 atom stereocenters. The molecule has 0 saturated carbocycles. The zero-order valence-electron chi connectivity index (χ0n) is 7.57. The average molecular weight is 221 g/mol. The molecule has 0 unspecified atom stereocenters. The Balaban J connectivity index is 3.28. The van der Waals surface area contributed by atoms with E-state index in [1.54, 1.807) is 12.1 Å². The first-order valence-electron chi connectivity index (χ1n) is 3.99. The standard InChI is InChI=1S/C10H11Cl2F/c1-10(2,6-11)9-7(12)4-3-5-8(9)13/h3-5H,6H2,1-2H3. The third kappa shape index (κ3) is 2.15. The maximum Gasteiger partial charge on any atom is 0.128 e. The Hall–Kier alpha value is -0.270. The van der Waals surface area contributed by atoms with Crippen LogP contribution in [0.2, 0.25) is 5.02 Å². The molecule has 0 aliphatic heterocycles. The fourth-order valence-electron chi connectivity index (χ4n) is 1.21. The second-order valence-electron chi connectivity index (χ2n) is 3.61. The first-order chi connectivity index (χ1) is 5.99. The maximum absolute atomic E-state index is 13.4. The highest BCUT2D eigenvalue weighted by Crippen LogP contribution is 2.32. The van der Waals surface area contributed by atoms with Crippen LogP contribution in [0, 0.1) is 5.82 Å². The molecule has 0 spiro atoms. The summed E-state index contributed by atoms with van der Waals surface area (Å²) < 4.78 is 13.4. The number of hydrogen-bond acceptors (Lipinski definition) is 0. The van der Waals surface area contributed by atoms with Crippen LogP contribution in [-0.2, 0) is 5.41 Å². The van der Waals surface area contributed by atoms with Crippen LogP contribution in [0.3, 0.4) is 0 Å². The molecule has 13 heavy (non-hydrogen) atoms. The SMILES string of the molecule is CC(C)(CCl)c1c(F)cccc1Cl. The van der Waals surface area contributed by atoms with Crippen LogP contribution in [0.4, 0.5) is 4.39 Å². The van der Waals surface area contributed by atoms with Gasteiger partial charge in [-0.15, -0.1) is 11.6 Å². The predicted octanol–water partition coefficient (Wildman–Crippen LogP) is 4.00. The van der Waals surface area contributed by atoms with Gasteiger partial charge in [0.2, 0.25) is 0 Å². The van der Waals surface area contributed by atoms with Crippen molar-refractivity contribution in [3.05, 3.63) is 34.6 Å². The molecule has 0 aromatic heterocycles. The fourth-order valence-corrected chi connectivity index (χ4v) is 1.76. The molecule has 72 valence electrons. The van der Waals surface area contributed by atoms with Crippen molar-refractivity contribution in [3.8, 4) is 0 Å². The summed E-state index contributed by atoms with van der Waals surface area (Å²) in [6.07, 6.45) is 0. The molecule has 0 amide bonds. The van der Waals surface area contributed by atoms with Gasteiger partial charge in [0.25, 0.3) is 0 Å². The molecule has 0 aliphatic rings. The second-order valence-corrected chi connectivity index (χ2v) is 4.29. The highest BCUT2D eigenvalue weighted by molar-refractivity contribution is 6.31. The lowest BCUT2D eigenvalue weighted by Gasteiger charge is -2.23. The summed E-state index contributed by atoms with van der Waals surface area (Å²) in [6.45, 7) is 3.73. The summed E-state index contributed by atoms with van der Waals surface area (Å²) in [7, 11) is 0. The van der Waals surface area contributed by atoms with E-state index in [1.165, 1.54) is 6.07 Å². The van der Waals surface area contributed by atoms with Crippen LogP contribution >= 0.6 is 23.2 Å². The number of alkyl halides is 1. The van der Waals surface area contributed by atoms with E-state index in [1.807, 2.05) is 13.8 Å². The molecule has 0 nitrogen and oxygen atoms in total. The van der Waals surface area contributed by atoms with Gasteiger partial charge in [-0.25, -0.2) is 4.39 Å². The van der Waals surface area contributed by atoms with Gasteiger partial charge >= 0.3 is 0 Å². The quantitative estimate of drug-likeness (QED) is 0.662. The van der Waals surface area contributed by atoms with E-state index >= 15 is 0 Å². The highest BCUT2D eigenvalue weighted by Gasteiger charge is 2.25. The lowest BCUT2D eigenvalue weighted by molar-refractivity contribution is 0.527. The van der Waals surface area contributed by atoms with Gasteiger partial charge in [-0.05, 0) is 12.1 Å². The first-order valence-corrected chi connectivity index (χ1v) is 4.91.